The summed E-state index contributed by atoms with van der Waals surface area (Å²) < 4.78 is 0. The van der Waals surface area contributed by atoms with E-state index in [1.165, 1.54) is 4.90 Å². The number of carboxylic acids is 1. The van der Waals surface area contributed by atoms with Gasteiger partial charge in [0.25, 0.3) is 0 Å². The number of hydrogen-bond donors (Lipinski definition) is 1. The minimum Gasteiger partial charge on any atom is -0.474 e. The molecule has 7 heteroatoms. The highest BCUT2D eigenvalue weighted by molar-refractivity contribution is 6.36. The van der Waals surface area contributed by atoms with E-state index in [9.17, 15) is 14.7 Å². The summed E-state index contributed by atoms with van der Waals surface area (Å²) in [5.41, 5.74) is 3.83. The van der Waals surface area contributed by atoms with E-state index in [1.807, 2.05) is 24.3 Å². The molecule has 34 heavy (non-hydrogen) atoms. The number of benzene rings is 2. The van der Waals surface area contributed by atoms with Crippen molar-refractivity contribution >= 4 is 40.8 Å². The van der Waals surface area contributed by atoms with Gasteiger partial charge in [-0.05, 0) is 48.1 Å². The van der Waals surface area contributed by atoms with Crippen LogP contribution in [0.4, 0.5) is 5.69 Å². The molecule has 0 unspecified atom stereocenters. The van der Waals surface area contributed by atoms with E-state index < -0.39 is 11.9 Å². The number of amides is 1. The predicted octanol–water partition coefficient (Wildman–Crippen LogP) is 6.89. The van der Waals surface area contributed by atoms with Gasteiger partial charge in [0.05, 0.1) is 0 Å². The van der Waals surface area contributed by atoms with Crippen molar-refractivity contribution in [1.82, 2.24) is 4.90 Å². The molecule has 0 saturated carbocycles. The normalized spacial score (nSPS) is 15.8. The molecule has 0 bridgehead atoms. The largest absolute Gasteiger partial charge is 0.474 e. The third-order valence-electron chi connectivity index (χ3n) is 6.19. The molecule has 5 nitrogen and oxygen atoms in total. The van der Waals surface area contributed by atoms with Crippen LogP contribution in [-0.4, -0.2) is 41.5 Å². The molecular weight excluding hydrogens is 471 g/mol. The Kier molecular flexibility index (Phi) is 9.66. The summed E-state index contributed by atoms with van der Waals surface area (Å²) >= 11 is 12.6. The van der Waals surface area contributed by atoms with Crippen LogP contribution in [0, 0.1) is 5.92 Å². The van der Waals surface area contributed by atoms with Gasteiger partial charge in [-0.25, -0.2) is 4.79 Å². The maximum atomic E-state index is 12.5. The number of rotatable bonds is 3. The average molecular weight is 505 g/mol. The number of hydrogen-bond acceptors (Lipinski definition) is 3. The van der Waals surface area contributed by atoms with Crippen molar-refractivity contribution in [3.8, 4) is 11.1 Å². The summed E-state index contributed by atoms with van der Waals surface area (Å²) in [5, 5.41) is 10.6. The molecule has 2 aromatic rings. The van der Waals surface area contributed by atoms with Gasteiger partial charge in [-0.1, -0.05) is 80.9 Å². The Balaban J connectivity index is 2.08. The molecule has 3 rings (SSSR count). The van der Waals surface area contributed by atoms with Crippen molar-refractivity contribution in [1.29, 1.82) is 0 Å². The summed E-state index contributed by atoms with van der Waals surface area (Å²) in [4.78, 5) is 27.9. The van der Waals surface area contributed by atoms with Gasteiger partial charge in [0, 0.05) is 47.5 Å². The van der Waals surface area contributed by atoms with Gasteiger partial charge in [0.15, 0.2) is 0 Å². The summed E-state index contributed by atoms with van der Waals surface area (Å²) in [5.74, 6) is -1.81. The number of carboxylic acid groups (broad SMARTS) is 1. The Morgan fingerprint density at radius 3 is 2.26 bits per heavy atom. The second kappa shape index (κ2) is 12.5. The third-order valence-corrected chi connectivity index (χ3v) is 6.74. The van der Waals surface area contributed by atoms with Crippen LogP contribution in [0.25, 0.3) is 11.1 Å². The van der Waals surface area contributed by atoms with Crippen molar-refractivity contribution in [2.75, 3.05) is 24.5 Å². The van der Waals surface area contributed by atoms with Crippen LogP contribution in [0.15, 0.2) is 36.4 Å². The molecule has 2 aromatic carbocycles. The topological polar surface area (TPSA) is 60.9 Å². The number of carbonyl (C=O) groups excluding carboxylic acids is 1. The molecule has 184 valence electrons. The number of halogens is 2. The second-order valence-corrected chi connectivity index (χ2v) is 10.3. The zero-order valence-electron chi connectivity index (χ0n) is 20.0. The molecule has 1 aliphatic heterocycles. The van der Waals surface area contributed by atoms with Gasteiger partial charge in [-0.3, -0.25) is 4.79 Å². The fraction of sp³-hybridized carbons (Fsp3) is 0.481. The zero-order chi connectivity index (χ0) is 24.7. The van der Waals surface area contributed by atoms with E-state index in [0.29, 0.717) is 22.5 Å². The standard InChI is InChI=1S/C27H34Cl2N2O3/c1-19(2)17-30-13-7-5-3-4-6-8-14-31(26(32)27(33)34)18-21-10-9-20(15-25(21)30)23-12-11-22(28)16-24(23)29/h9-12,15-16,19H,3-8,13-14,17-18H2,1-2H3,(H,33,34). The fourth-order valence-corrected chi connectivity index (χ4v) is 5.06. The van der Waals surface area contributed by atoms with E-state index in [0.717, 1.165) is 74.0 Å². The monoisotopic (exact) mass is 504 g/mol. The molecular formula is C27H34Cl2N2O3. The second-order valence-electron chi connectivity index (χ2n) is 9.46. The summed E-state index contributed by atoms with van der Waals surface area (Å²) in [6.07, 6.45) is 6.31. The number of carbonyl (C=O) groups is 2. The van der Waals surface area contributed by atoms with E-state index in [-0.39, 0.29) is 6.54 Å². The SMILES string of the molecule is CC(C)CN1CCCCCCCCN(C(=O)C(=O)O)Cc2ccc(-c3ccc(Cl)cc3Cl)cc21. The lowest BCUT2D eigenvalue weighted by molar-refractivity contribution is -0.156. The molecule has 0 atom stereocenters. The molecule has 0 aromatic heterocycles. The zero-order valence-corrected chi connectivity index (χ0v) is 21.5. The Bertz CT molecular complexity index is 1010. The Labute approximate surface area is 212 Å². The highest BCUT2D eigenvalue weighted by atomic mass is 35.5. The van der Waals surface area contributed by atoms with Gasteiger partial charge in [0.1, 0.15) is 0 Å². The first-order valence-electron chi connectivity index (χ1n) is 12.1. The lowest BCUT2D eigenvalue weighted by Gasteiger charge is -2.31. The van der Waals surface area contributed by atoms with Crippen LogP contribution >= 0.6 is 23.2 Å². The van der Waals surface area contributed by atoms with Crippen molar-refractivity contribution in [3.63, 3.8) is 0 Å². The Morgan fingerprint density at radius 1 is 0.941 bits per heavy atom. The molecule has 0 aliphatic carbocycles. The molecule has 0 spiro atoms. The van der Waals surface area contributed by atoms with E-state index in [4.69, 9.17) is 23.2 Å². The molecule has 1 amide bonds. The minimum atomic E-state index is -1.41. The Hall–Kier alpha value is -2.24. The lowest BCUT2D eigenvalue weighted by atomic mass is 10.00. The van der Waals surface area contributed by atoms with Crippen molar-refractivity contribution < 1.29 is 14.7 Å². The average Bonchev–Trinajstić information content (AvgIpc) is 2.79. The predicted molar refractivity (Wildman–Crippen MR) is 140 cm³/mol. The van der Waals surface area contributed by atoms with Crippen molar-refractivity contribution in [3.05, 3.63) is 52.0 Å². The lowest BCUT2D eigenvalue weighted by Crippen LogP contribution is -2.37. The number of fused-ring (bicyclic) bond motifs is 1. The first kappa shape index (κ1) is 26.4. The van der Waals surface area contributed by atoms with E-state index in [2.05, 4.69) is 24.8 Å². The van der Waals surface area contributed by atoms with Crippen molar-refractivity contribution in [2.24, 2.45) is 5.92 Å². The minimum absolute atomic E-state index is 0.268. The summed E-state index contributed by atoms with van der Waals surface area (Å²) in [6.45, 7) is 6.89. The molecule has 1 aliphatic rings. The Morgan fingerprint density at radius 2 is 1.62 bits per heavy atom. The maximum Gasteiger partial charge on any atom is 0.394 e. The number of anilines is 1. The van der Waals surface area contributed by atoms with E-state index >= 15 is 0 Å². The number of nitrogens with zero attached hydrogens (tertiary/aromatic N) is 2. The smallest absolute Gasteiger partial charge is 0.394 e. The summed E-state index contributed by atoms with van der Waals surface area (Å²) in [6, 6.07) is 11.6. The fourth-order valence-electron chi connectivity index (χ4n) is 4.54. The van der Waals surface area contributed by atoms with Crippen molar-refractivity contribution in [2.45, 2.75) is 58.9 Å². The van der Waals surface area contributed by atoms with Crippen LogP contribution in [0.1, 0.15) is 57.9 Å². The van der Waals surface area contributed by atoms with Crippen LogP contribution < -0.4 is 4.90 Å². The van der Waals surface area contributed by atoms with Gasteiger partial charge in [0.2, 0.25) is 0 Å². The quantitative estimate of drug-likeness (QED) is 0.462. The highest BCUT2D eigenvalue weighted by Gasteiger charge is 2.24. The van der Waals surface area contributed by atoms with Crippen LogP contribution in [0.3, 0.4) is 0 Å². The van der Waals surface area contributed by atoms with Crippen LogP contribution in [0.5, 0.6) is 0 Å². The van der Waals surface area contributed by atoms with E-state index in [1.54, 1.807) is 6.07 Å². The molecule has 0 radical (unpaired) electrons. The van der Waals surface area contributed by atoms with Gasteiger partial charge in [-0.2, -0.15) is 0 Å². The van der Waals surface area contributed by atoms with Gasteiger partial charge >= 0.3 is 11.9 Å². The highest BCUT2D eigenvalue weighted by Crippen LogP contribution is 2.35. The van der Waals surface area contributed by atoms with Gasteiger partial charge in [-0.15, -0.1) is 0 Å². The maximum absolute atomic E-state index is 12.5. The van der Waals surface area contributed by atoms with Crippen LogP contribution in [0.2, 0.25) is 10.0 Å². The molecule has 1 heterocycles. The molecule has 1 N–H and O–H groups in total. The molecule has 0 saturated heterocycles. The molecule has 0 fully saturated rings. The van der Waals surface area contributed by atoms with Crippen LogP contribution in [-0.2, 0) is 16.1 Å². The number of aliphatic carboxylic acids is 1. The first-order chi connectivity index (χ1) is 16.3. The third kappa shape index (κ3) is 7.13. The van der Waals surface area contributed by atoms with Gasteiger partial charge < -0.3 is 14.9 Å². The first-order valence-corrected chi connectivity index (χ1v) is 12.9. The summed E-state index contributed by atoms with van der Waals surface area (Å²) in [7, 11) is 0.